The Morgan fingerprint density at radius 2 is 0.652 bits per heavy atom. The SMILES string of the molecule is c1ccc(-c2ccccc2-c2ccccc2-c2ccc(N(c3ccc(-c4ccc5oc6c(-c7ccccc7)cccc6c5c4)cc3)c3ccc(-c4cccc5ccccc45)cc3)cc2)cc1. The monoisotopic (exact) mass is 841 g/mol. The van der Waals surface area contributed by atoms with Gasteiger partial charge in [-0.25, -0.2) is 0 Å². The highest BCUT2D eigenvalue weighted by atomic mass is 16.3. The Labute approximate surface area is 384 Å². The molecule has 0 saturated carbocycles. The van der Waals surface area contributed by atoms with Crippen LogP contribution in [0.5, 0.6) is 0 Å². The highest BCUT2D eigenvalue weighted by Crippen LogP contribution is 2.43. The zero-order chi connectivity index (χ0) is 43.8. The summed E-state index contributed by atoms with van der Waals surface area (Å²) in [5.41, 5.74) is 19.2. The standard InChI is InChI=1S/C64H43NO/c1-3-15-45(16-4-1)56-22-9-11-24-59(56)60-25-12-10-23-57(60)49-33-40-53(41-34-49)65(52-38-31-48(32-39-52)55-26-13-20-46-19-7-8-21-54(46)55)51-36-29-44(30-37-51)50-35-42-63-62(43-50)61-28-14-27-58(64(61)66-63)47-17-5-2-6-18-47/h1-43H. The van der Waals surface area contributed by atoms with E-state index in [2.05, 4.69) is 260 Å². The number of benzene rings is 11. The molecule has 2 nitrogen and oxygen atoms in total. The van der Waals surface area contributed by atoms with E-state index in [1.807, 2.05) is 6.07 Å². The Balaban J connectivity index is 0.923. The fourth-order valence-corrected chi connectivity index (χ4v) is 9.69. The minimum absolute atomic E-state index is 0.887. The first-order valence-electron chi connectivity index (χ1n) is 22.6. The fraction of sp³-hybridized carbons (Fsp3) is 0. The van der Waals surface area contributed by atoms with Crippen molar-refractivity contribution in [3.05, 3.63) is 261 Å². The molecular weight excluding hydrogens is 799 g/mol. The number of hydrogen-bond acceptors (Lipinski definition) is 2. The van der Waals surface area contributed by atoms with Crippen LogP contribution < -0.4 is 4.90 Å². The Bertz CT molecular complexity index is 3660. The third-order valence-corrected chi connectivity index (χ3v) is 12.9. The fourth-order valence-electron chi connectivity index (χ4n) is 9.69. The van der Waals surface area contributed by atoms with E-state index < -0.39 is 0 Å². The summed E-state index contributed by atoms with van der Waals surface area (Å²) >= 11 is 0. The molecule has 66 heavy (non-hydrogen) atoms. The highest BCUT2D eigenvalue weighted by Gasteiger charge is 2.18. The van der Waals surface area contributed by atoms with Crippen LogP contribution in [0, 0.1) is 0 Å². The second kappa shape index (κ2) is 16.8. The van der Waals surface area contributed by atoms with Gasteiger partial charge in [0, 0.05) is 33.4 Å². The molecule has 0 radical (unpaired) electrons. The number of para-hydroxylation sites is 1. The van der Waals surface area contributed by atoms with Crippen LogP contribution in [0.4, 0.5) is 17.1 Å². The third kappa shape index (κ3) is 7.12. The lowest BCUT2D eigenvalue weighted by atomic mass is 9.89. The summed E-state index contributed by atoms with van der Waals surface area (Å²) in [6, 6.07) is 93.7. The first-order chi connectivity index (χ1) is 32.7. The van der Waals surface area contributed by atoms with E-state index in [1.54, 1.807) is 0 Å². The van der Waals surface area contributed by atoms with Crippen LogP contribution in [0.25, 0.3) is 99.5 Å². The Kier molecular flexibility index (Phi) is 9.89. The summed E-state index contributed by atoms with van der Waals surface area (Å²) in [6.07, 6.45) is 0. The highest BCUT2D eigenvalue weighted by molar-refractivity contribution is 6.10. The minimum atomic E-state index is 0.887. The molecule has 0 unspecified atom stereocenters. The molecule has 0 amide bonds. The number of furan rings is 1. The van der Waals surface area contributed by atoms with Crippen molar-refractivity contribution in [3.63, 3.8) is 0 Å². The van der Waals surface area contributed by atoms with Crippen LogP contribution in [-0.2, 0) is 0 Å². The van der Waals surface area contributed by atoms with E-state index in [1.165, 1.54) is 49.7 Å². The van der Waals surface area contributed by atoms with Gasteiger partial charge in [-0.3, -0.25) is 0 Å². The van der Waals surface area contributed by atoms with Gasteiger partial charge >= 0.3 is 0 Å². The van der Waals surface area contributed by atoms with Gasteiger partial charge in [0.15, 0.2) is 0 Å². The summed E-state index contributed by atoms with van der Waals surface area (Å²) in [5, 5.41) is 4.72. The second-order valence-electron chi connectivity index (χ2n) is 16.8. The smallest absolute Gasteiger partial charge is 0.143 e. The topological polar surface area (TPSA) is 16.4 Å². The molecule has 2 heteroatoms. The van der Waals surface area contributed by atoms with Gasteiger partial charge in [0.25, 0.3) is 0 Å². The Morgan fingerprint density at radius 3 is 1.27 bits per heavy atom. The van der Waals surface area contributed by atoms with E-state index in [0.717, 1.165) is 66.8 Å². The van der Waals surface area contributed by atoms with Crippen molar-refractivity contribution >= 4 is 49.8 Å². The van der Waals surface area contributed by atoms with Crippen molar-refractivity contribution < 1.29 is 4.42 Å². The van der Waals surface area contributed by atoms with Gasteiger partial charge in [0.2, 0.25) is 0 Å². The van der Waals surface area contributed by atoms with Gasteiger partial charge in [-0.15, -0.1) is 0 Å². The molecule has 0 saturated heterocycles. The molecule has 0 N–H and O–H groups in total. The average Bonchev–Trinajstić information content (AvgIpc) is 3.78. The third-order valence-electron chi connectivity index (χ3n) is 12.9. The van der Waals surface area contributed by atoms with Gasteiger partial charge in [-0.1, -0.05) is 212 Å². The first-order valence-corrected chi connectivity index (χ1v) is 22.6. The lowest BCUT2D eigenvalue weighted by Crippen LogP contribution is -2.09. The lowest BCUT2D eigenvalue weighted by molar-refractivity contribution is 0.670. The van der Waals surface area contributed by atoms with Gasteiger partial charge in [0.1, 0.15) is 11.2 Å². The molecule has 0 aliphatic carbocycles. The van der Waals surface area contributed by atoms with E-state index in [0.29, 0.717) is 0 Å². The quantitative estimate of drug-likeness (QED) is 0.144. The van der Waals surface area contributed by atoms with Crippen molar-refractivity contribution in [2.45, 2.75) is 0 Å². The maximum absolute atomic E-state index is 6.52. The Morgan fingerprint density at radius 1 is 0.242 bits per heavy atom. The minimum Gasteiger partial charge on any atom is -0.455 e. The van der Waals surface area contributed by atoms with Crippen LogP contribution in [0.3, 0.4) is 0 Å². The van der Waals surface area contributed by atoms with Crippen LogP contribution in [-0.4, -0.2) is 0 Å². The predicted molar refractivity (Wildman–Crippen MR) is 279 cm³/mol. The van der Waals surface area contributed by atoms with Crippen molar-refractivity contribution in [3.8, 4) is 66.8 Å². The largest absolute Gasteiger partial charge is 0.455 e. The Hall–Kier alpha value is -8.72. The molecule has 1 heterocycles. The number of hydrogen-bond donors (Lipinski definition) is 0. The number of anilines is 3. The van der Waals surface area contributed by atoms with Crippen LogP contribution in [0.15, 0.2) is 265 Å². The summed E-state index contributed by atoms with van der Waals surface area (Å²) < 4.78 is 6.52. The van der Waals surface area contributed by atoms with Crippen LogP contribution in [0.2, 0.25) is 0 Å². The molecule has 11 aromatic carbocycles. The molecule has 0 fully saturated rings. The van der Waals surface area contributed by atoms with Crippen LogP contribution in [0.1, 0.15) is 0 Å². The summed E-state index contributed by atoms with van der Waals surface area (Å²) in [7, 11) is 0. The molecule has 12 rings (SSSR count). The molecular formula is C64H43NO. The molecule has 0 spiro atoms. The predicted octanol–water partition coefficient (Wildman–Crippen LogP) is 18.2. The summed E-state index contributed by atoms with van der Waals surface area (Å²) in [4.78, 5) is 2.36. The van der Waals surface area contributed by atoms with E-state index >= 15 is 0 Å². The number of fused-ring (bicyclic) bond motifs is 4. The molecule has 1 aromatic heterocycles. The summed E-state index contributed by atoms with van der Waals surface area (Å²) in [5.74, 6) is 0. The van der Waals surface area contributed by atoms with E-state index in [9.17, 15) is 0 Å². The lowest BCUT2D eigenvalue weighted by Gasteiger charge is -2.26. The van der Waals surface area contributed by atoms with Gasteiger partial charge in [-0.05, 0) is 121 Å². The molecule has 0 atom stereocenters. The maximum atomic E-state index is 6.52. The number of rotatable bonds is 9. The average molecular weight is 842 g/mol. The van der Waals surface area contributed by atoms with Gasteiger partial charge in [-0.2, -0.15) is 0 Å². The second-order valence-corrected chi connectivity index (χ2v) is 16.8. The molecule has 0 bridgehead atoms. The van der Waals surface area contributed by atoms with Gasteiger partial charge < -0.3 is 9.32 Å². The zero-order valence-corrected chi connectivity index (χ0v) is 36.2. The van der Waals surface area contributed by atoms with Crippen molar-refractivity contribution in [2.24, 2.45) is 0 Å². The molecule has 12 aromatic rings. The molecule has 0 aliphatic heterocycles. The molecule has 0 aliphatic rings. The first kappa shape index (κ1) is 38.9. The van der Waals surface area contributed by atoms with Crippen LogP contribution >= 0.6 is 0 Å². The van der Waals surface area contributed by atoms with Crippen molar-refractivity contribution in [1.29, 1.82) is 0 Å². The normalized spacial score (nSPS) is 11.3. The zero-order valence-electron chi connectivity index (χ0n) is 36.2. The van der Waals surface area contributed by atoms with Gasteiger partial charge in [0.05, 0.1) is 0 Å². The van der Waals surface area contributed by atoms with Crippen molar-refractivity contribution in [1.82, 2.24) is 0 Å². The summed E-state index contributed by atoms with van der Waals surface area (Å²) in [6.45, 7) is 0. The van der Waals surface area contributed by atoms with E-state index in [-0.39, 0.29) is 0 Å². The molecule has 310 valence electrons. The number of nitrogens with zero attached hydrogens (tertiary/aromatic N) is 1. The van der Waals surface area contributed by atoms with E-state index in [4.69, 9.17) is 4.42 Å². The maximum Gasteiger partial charge on any atom is 0.143 e. The van der Waals surface area contributed by atoms with Crippen molar-refractivity contribution in [2.75, 3.05) is 4.90 Å².